The second kappa shape index (κ2) is 8.44. The lowest BCUT2D eigenvalue weighted by molar-refractivity contribution is -0.140. The van der Waals surface area contributed by atoms with Gasteiger partial charge in [-0.2, -0.15) is 4.31 Å². The first-order valence-electron chi connectivity index (χ1n) is 8.30. The number of nitrogens with zero attached hydrogens (tertiary/aromatic N) is 1. The lowest BCUT2D eigenvalue weighted by Crippen LogP contribution is -2.41. The molecular formula is C18H15BrClF2NO4S. The van der Waals surface area contributed by atoms with Crippen LogP contribution in [0.3, 0.4) is 0 Å². The standard InChI is InChI=1S/C18H15BrClF2NO4S/c19-14-9-12(20)1-4-17(14)27-18(24)11-5-7-23(8-6-11)28(25,26)13-2-3-15(21)16(22)10-13/h1-4,9-11H,5-8H2. The highest BCUT2D eigenvalue weighted by atomic mass is 79.9. The zero-order chi connectivity index (χ0) is 20.5. The van der Waals surface area contributed by atoms with Gasteiger partial charge < -0.3 is 4.74 Å². The van der Waals surface area contributed by atoms with Gasteiger partial charge in [0.25, 0.3) is 0 Å². The Labute approximate surface area is 174 Å². The molecule has 1 fully saturated rings. The summed E-state index contributed by atoms with van der Waals surface area (Å²) < 4.78 is 58.7. The number of rotatable bonds is 4. The molecule has 2 aromatic carbocycles. The molecular weight excluding hydrogens is 480 g/mol. The summed E-state index contributed by atoms with van der Waals surface area (Å²) in [6.45, 7) is 0.145. The first kappa shape index (κ1) is 21.2. The maximum absolute atomic E-state index is 13.4. The normalized spacial score (nSPS) is 16.1. The summed E-state index contributed by atoms with van der Waals surface area (Å²) in [5.41, 5.74) is 0. The van der Waals surface area contributed by atoms with Gasteiger partial charge in [-0.25, -0.2) is 17.2 Å². The second-order valence-electron chi connectivity index (χ2n) is 6.25. The molecule has 1 aliphatic rings. The largest absolute Gasteiger partial charge is 0.425 e. The van der Waals surface area contributed by atoms with E-state index in [0.717, 1.165) is 16.4 Å². The van der Waals surface area contributed by atoms with Crippen LogP contribution in [0.5, 0.6) is 5.75 Å². The number of hydrogen-bond donors (Lipinski definition) is 0. The third-order valence-corrected chi connectivity index (χ3v) is 7.17. The van der Waals surface area contributed by atoms with Crippen molar-refractivity contribution in [2.75, 3.05) is 13.1 Å². The fraction of sp³-hybridized carbons (Fsp3) is 0.278. The van der Waals surface area contributed by atoms with Gasteiger partial charge >= 0.3 is 5.97 Å². The van der Waals surface area contributed by atoms with Gasteiger partial charge in [-0.1, -0.05) is 11.6 Å². The molecule has 1 saturated heterocycles. The molecule has 0 spiro atoms. The van der Waals surface area contributed by atoms with E-state index < -0.39 is 33.5 Å². The molecule has 0 aromatic heterocycles. The average Bonchev–Trinajstić information content (AvgIpc) is 2.66. The maximum Gasteiger partial charge on any atom is 0.314 e. The van der Waals surface area contributed by atoms with Crippen molar-refractivity contribution in [3.05, 3.63) is 57.5 Å². The molecule has 0 amide bonds. The monoisotopic (exact) mass is 493 g/mol. The summed E-state index contributed by atoms with van der Waals surface area (Å²) >= 11 is 9.12. The van der Waals surface area contributed by atoms with Crippen molar-refractivity contribution in [2.24, 2.45) is 5.92 Å². The lowest BCUT2D eigenvalue weighted by Gasteiger charge is -2.30. The van der Waals surface area contributed by atoms with Crippen LogP contribution in [-0.4, -0.2) is 31.8 Å². The van der Waals surface area contributed by atoms with Gasteiger partial charge in [-0.3, -0.25) is 4.79 Å². The van der Waals surface area contributed by atoms with E-state index in [-0.39, 0.29) is 30.8 Å². The Morgan fingerprint density at radius 1 is 1.11 bits per heavy atom. The van der Waals surface area contributed by atoms with Crippen LogP contribution < -0.4 is 4.74 Å². The fourth-order valence-corrected chi connectivity index (χ4v) is 5.11. The van der Waals surface area contributed by atoms with Crippen molar-refractivity contribution in [2.45, 2.75) is 17.7 Å². The number of ether oxygens (including phenoxy) is 1. The quantitative estimate of drug-likeness (QED) is 0.467. The van der Waals surface area contributed by atoms with Gasteiger partial charge in [0, 0.05) is 18.1 Å². The minimum absolute atomic E-state index is 0.0723. The Kier molecular flexibility index (Phi) is 6.38. The molecule has 150 valence electrons. The zero-order valence-corrected chi connectivity index (χ0v) is 17.5. The van der Waals surface area contributed by atoms with E-state index in [1.54, 1.807) is 18.2 Å². The van der Waals surface area contributed by atoms with E-state index in [9.17, 15) is 22.0 Å². The molecule has 0 saturated carbocycles. The molecule has 1 aliphatic heterocycles. The minimum Gasteiger partial charge on any atom is -0.425 e. The van der Waals surface area contributed by atoms with E-state index in [1.165, 1.54) is 0 Å². The number of benzene rings is 2. The van der Waals surface area contributed by atoms with Gasteiger partial charge in [-0.15, -0.1) is 0 Å². The van der Waals surface area contributed by atoms with Crippen LogP contribution >= 0.6 is 27.5 Å². The average molecular weight is 495 g/mol. The lowest BCUT2D eigenvalue weighted by atomic mass is 9.98. The van der Waals surface area contributed by atoms with E-state index in [0.29, 0.717) is 21.3 Å². The van der Waals surface area contributed by atoms with Crippen LogP contribution in [0.2, 0.25) is 5.02 Å². The van der Waals surface area contributed by atoms with Gasteiger partial charge in [0.2, 0.25) is 10.0 Å². The van der Waals surface area contributed by atoms with Crippen LogP contribution in [0.25, 0.3) is 0 Å². The molecule has 2 aromatic rings. The molecule has 28 heavy (non-hydrogen) atoms. The summed E-state index contributed by atoms with van der Waals surface area (Å²) in [6.07, 6.45) is 0.514. The highest BCUT2D eigenvalue weighted by molar-refractivity contribution is 9.10. The summed E-state index contributed by atoms with van der Waals surface area (Å²) in [7, 11) is -3.97. The predicted octanol–water partition coefficient (Wildman–Crippen LogP) is 4.39. The Balaban J connectivity index is 1.64. The number of hydrogen-bond acceptors (Lipinski definition) is 4. The Hall–Kier alpha value is -1.55. The summed E-state index contributed by atoms with van der Waals surface area (Å²) in [5.74, 6) is -2.96. The topological polar surface area (TPSA) is 63.7 Å². The number of sulfonamides is 1. The molecule has 0 atom stereocenters. The molecule has 10 heteroatoms. The highest BCUT2D eigenvalue weighted by Crippen LogP contribution is 2.30. The number of carbonyl (C=O) groups excluding carboxylic acids is 1. The smallest absolute Gasteiger partial charge is 0.314 e. The first-order valence-corrected chi connectivity index (χ1v) is 10.9. The molecule has 1 heterocycles. The third-order valence-electron chi connectivity index (χ3n) is 4.42. The van der Waals surface area contributed by atoms with E-state index in [1.807, 2.05) is 0 Å². The number of piperidine rings is 1. The number of carbonyl (C=O) groups is 1. The molecule has 3 rings (SSSR count). The predicted molar refractivity (Wildman–Crippen MR) is 103 cm³/mol. The zero-order valence-electron chi connectivity index (χ0n) is 14.4. The van der Waals surface area contributed by atoms with Crippen molar-refractivity contribution in [1.82, 2.24) is 4.31 Å². The molecule has 0 N–H and O–H groups in total. The second-order valence-corrected chi connectivity index (χ2v) is 9.48. The van der Waals surface area contributed by atoms with Crippen molar-refractivity contribution in [1.29, 1.82) is 0 Å². The van der Waals surface area contributed by atoms with Crippen molar-refractivity contribution >= 4 is 43.5 Å². The molecule has 5 nitrogen and oxygen atoms in total. The summed E-state index contributed by atoms with van der Waals surface area (Å²) in [6, 6.07) is 7.20. The van der Waals surface area contributed by atoms with Gasteiger partial charge in [0.1, 0.15) is 5.75 Å². The van der Waals surface area contributed by atoms with Crippen LogP contribution in [0.15, 0.2) is 45.8 Å². The van der Waals surface area contributed by atoms with Crippen LogP contribution in [0, 0.1) is 17.6 Å². The van der Waals surface area contributed by atoms with Crippen molar-refractivity contribution < 1.29 is 26.7 Å². The Morgan fingerprint density at radius 2 is 1.79 bits per heavy atom. The highest BCUT2D eigenvalue weighted by Gasteiger charge is 2.33. The fourth-order valence-electron chi connectivity index (χ4n) is 2.87. The molecule has 0 unspecified atom stereocenters. The Bertz CT molecular complexity index is 1010. The maximum atomic E-state index is 13.4. The first-order chi connectivity index (χ1) is 13.2. The summed E-state index contributed by atoms with van der Waals surface area (Å²) in [5, 5.41) is 0.488. The molecule has 0 bridgehead atoms. The van der Waals surface area contributed by atoms with Gasteiger partial charge in [-0.05, 0) is 65.2 Å². The third kappa shape index (κ3) is 4.53. The molecule has 0 aliphatic carbocycles. The van der Waals surface area contributed by atoms with E-state index >= 15 is 0 Å². The van der Waals surface area contributed by atoms with Crippen molar-refractivity contribution in [3.63, 3.8) is 0 Å². The van der Waals surface area contributed by atoms with Crippen LogP contribution in [0.4, 0.5) is 8.78 Å². The molecule has 0 radical (unpaired) electrons. The van der Waals surface area contributed by atoms with Gasteiger partial charge in [0.05, 0.1) is 15.3 Å². The van der Waals surface area contributed by atoms with Crippen LogP contribution in [0.1, 0.15) is 12.8 Å². The summed E-state index contributed by atoms with van der Waals surface area (Å²) in [4.78, 5) is 12.1. The van der Waals surface area contributed by atoms with Crippen LogP contribution in [-0.2, 0) is 14.8 Å². The minimum atomic E-state index is -3.97. The van der Waals surface area contributed by atoms with E-state index in [2.05, 4.69) is 15.9 Å². The van der Waals surface area contributed by atoms with E-state index in [4.69, 9.17) is 16.3 Å². The SMILES string of the molecule is O=C(Oc1ccc(Cl)cc1Br)C1CCN(S(=O)(=O)c2ccc(F)c(F)c2)CC1. The number of halogens is 4. The number of esters is 1. The van der Waals surface area contributed by atoms with Crippen molar-refractivity contribution in [3.8, 4) is 5.75 Å². The van der Waals surface area contributed by atoms with Gasteiger partial charge in [0.15, 0.2) is 11.6 Å². The Morgan fingerprint density at radius 3 is 2.39 bits per heavy atom.